The van der Waals surface area contributed by atoms with Crippen LogP contribution in [0, 0.1) is 5.82 Å². The van der Waals surface area contributed by atoms with E-state index in [0.29, 0.717) is 36.1 Å². The number of piperazine rings is 1. The Morgan fingerprint density at radius 1 is 0.973 bits per heavy atom. The molecule has 5 rings (SSSR count). The summed E-state index contributed by atoms with van der Waals surface area (Å²) in [6.07, 6.45) is 6.29. The minimum absolute atomic E-state index is 0.0297. The molecule has 4 aromatic rings. The van der Waals surface area contributed by atoms with Crippen molar-refractivity contribution in [3.8, 4) is 11.3 Å². The normalized spacial score (nSPS) is 14.6. The van der Waals surface area contributed by atoms with Crippen molar-refractivity contribution in [1.29, 1.82) is 0 Å². The third-order valence-electron chi connectivity index (χ3n) is 6.73. The summed E-state index contributed by atoms with van der Waals surface area (Å²) in [6.45, 7) is 11.6. The zero-order valence-electron chi connectivity index (χ0n) is 21.5. The van der Waals surface area contributed by atoms with Gasteiger partial charge in [0.1, 0.15) is 17.2 Å². The highest BCUT2D eigenvalue weighted by Crippen LogP contribution is 2.32. The van der Waals surface area contributed by atoms with Gasteiger partial charge in [-0.05, 0) is 52.0 Å². The fourth-order valence-electron chi connectivity index (χ4n) is 4.61. The van der Waals surface area contributed by atoms with Crippen molar-refractivity contribution < 1.29 is 9.18 Å². The standard InChI is InChI=1S/C27H31FN8O/c1-17(2)34-10-12-35(13-11-34)26(37)19-7-8-23(30-14-19)32-27-31-15-22(28)24(33-27)21-16-36(18(3)4)25-20(21)6-5-9-29-25/h5-9,14-18H,10-13H2,1-4H3,(H,30,31,32,33). The van der Waals surface area contributed by atoms with Crippen LogP contribution < -0.4 is 5.32 Å². The highest BCUT2D eigenvalue weighted by atomic mass is 19.1. The average Bonchev–Trinajstić information content (AvgIpc) is 3.30. The SMILES string of the molecule is CC(C)N1CCN(C(=O)c2ccc(Nc3ncc(F)c(-c4cn(C(C)C)c5ncccc45)n3)nc2)CC1. The van der Waals surface area contributed by atoms with Crippen molar-refractivity contribution in [1.82, 2.24) is 34.3 Å². The molecule has 9 nitrogen and oxygen atoms in total. The Morgan fingerprint density at radius 3 is 2.43 bits per heavy atom. The maximum atomic E-state index is 14.9. The molecule has 0 saturated carbocycles. The Morgan fingerprint density at radius 2 is 1.76 bits per heavy atom. The van der Waals surface area contributed by atoms with Crippen molar-refractivity contribution in [3.05, 3.63) is 60.4 Å². The molecular weight excluding hydrogens is 471 g/mol. The lowest BCUT2D eigenvalue weighted by molar-refractivity contribution is 0.0595. The lowest BCUT2D eigenvalue weighted by Gasteiger charge is -2.36. The zero-order valence-corrected chi connectivity index (χ0v) is 21.5. The molecule has 0 bridgehead atoms. The first-order chi connectivity index (χ1) is 17.8. The summed E-state index contributed by atoms with van der Waals surface area (Å²) >= 11 is 0. The predicted molar refractivity (Wildman–Crippen MR) is 141 cm³/mol. The summed E-state index contributed by atoms with van der Waals surface area (Å²) in [7, 11) is 0. The van der Waals surface area contributed by atoms with E-state index in [1.165, 1.54) is 0 Å². The largest absolute Gasteiger partial charge is 0.336 e. The van der Waals surface area contributed by atoms with Gasteiger partial charge in [-0.3, -0.25) is 9.69 Å². The quantitative estimate of drug-likeness (QED) is 0.415. The fraction of sp³-hybridized carbons (Fsp3) is 0.370. The van der Waals surface area contributed by atoms with E-state index in [2.05, 4.69) is 44.0 Å². The Hall–Kier alpha value is -3.92. The predicted octanol–water partition coefficient (Wildman–Crippen LogP) is 4.52. The average molecular weight is 503 g/mol. The first-order valence-electron chi connectivity index (χ1n) is 12.6. The number of halogens is 1. The molecule has 37 heavy (non-hydrogen) atoms. The fourth-order valence-corrected chi connectivity index (χ4v) is 4.61. The van der Waals surface area contributed by atoms with E-state index in [-0.39, 0.29) is 23.6 Å². The number of nitrogens with zero attached hydrogens (tertiary/aromatic N) is 7. The number of hydrogen-bond donors (Lipinski definition) is 1. The molecule has 5 heterocycles. The molecule has 1 amide bonds. The van der Waals surface area contributed by atoms with Gasteiger partial charge in [0.25, 0.3) is 5.91 Å². The van der Waals surface area contributed by atoms with E-state index in [0.717, 1.165) is 30.3 Å². The highest BCUT2D eigenvalue weighted by Gasteiger charge is 2.24. The number of anilines is 2. The van der Waals surface area contributed by atoms with Gasteiger partial charge in [-0.25, -0.2) is 24.3 Å². The second-order valence-electron chi connectivity index (χ2n) is 9.79. The molecule has 1 N–H and O–H groups in total. The van der Waals surface area contributed by atoms with Crippen LogP contribution in [0.15, 0.2) is 49.1 Å². The summed E-state index contributed by atoms with van der Waals surface area (Å²) in [6, 6.07) is 7.80. The summed E-state index contributed by atoms with van der Waals surface area (Å²) in [5.41, 5.74) is 2.12. The van der Waals surface area contributed by atoms with E-state index < -0.39 is 5.82 Å². The second kappa shape index (κ2) is 10.2. The number of rotatable bonds is 6. The van der Waals surface area contributed by atoms with Crippen LogP contribution in [0.25, 0.3) is 22.3 Å². The number of fused-ring (bicyclic) bond motifs is 1. The van der Waals surface area contributed by atoms with Gasteiger partial charge >= 0.3 is 0 Å². The molecular formula is C27H31FN8O. The molecule has 0 atom stereocenters. The summed E-state index contributed by atoms with van der Waals surface area (Å²) in [5, 5.41) is 3.84. The van der Waals surface area contributed by atoms with Gasteiger partial charge in [-0.15, -0.1) is 0 Å². The Balaban J connectivity index is 1.34. The van der Waals surface area contributed by atoms with E-state index in [9.17, 15) is 9.18 Å². The van der Waals surface area contributed by atoms with E-state index in [1.54, 1.807) is 24.5 Å². The van der Waals surface area contributed by atoms with Gasteiger partial charge in [-0.2, -0.15) is 0 Å². The van der Waals surface area contributed by atoms with E-state index in [1.807, 2.05) is 41.6 Å². The summed E-state index contributed by atoms with van der Waals surface area (Å²) < 4.78 is 16.9. The number of pyridine rings is 2. The van der Waals surface area contributed by atoms with Gasteiger partial charge in [-0.1, -0.05) is 0 Å². The topological polar surface area (TPSA) is 92.1 Å². The van der Waals surface area contributed by atoms with E-state index in [4.69, 9.17) is 0 Å². The van der Waals surface area contributed by atoms with Crippen LogP contribution in [0.2, 0.25) is 0 Å². The molecule has 4 aromatic heterocycles. The molecule has 0 radical (unpaired) electrons. The van der Waals surface area contributed by atoms with Crippen LogP contribution in [0.5, 0.6) is 0 Å². The summed E-state index contributed by atoms with van der Waals surface area (Å²) in [4.78, 5) is 34.5. The Bertz CT molecular complexity index is 1410. The number of aromatic nitrogens is 5. The zero-order chi connectivity index (χ0) is 26.1. The molecule has 1 saturated heterocycles. The maximum absolute atomic E-state index is 14.9. The molecule has 192 valence electrons. The monoisotopic (exact) mass is 502 g/mol. The molecule has 0 spiro atoms. The third-order valence-corrected chi connectivity index (χ3v) is 6.73. The van der Waals surface area contributed by atoms with Crippen LogP contribution >= 0.6 is 0 Å². The van der Waals surface area contributed by atoms with Crippen molar-refractivity contribution in [3.63, 3.8) is 0 Å². The minimum Gasteiger partial charge on any atom is -0.336 e. The Labute approximate surface area is 215 Å². The minimum atomic E-state index is -0.524. The number of amides is 1. The van der Waals surface area contributed by atoms with Crippen LogP contribution in [0.3, 0.4) is 0 Å². The van der Waals surface area contributed by atoms with Crippen LogP contribution in [-0.2, 0) is 0 Å². The maximum Gasteiger partial charge on any atom is 0.255 e. The second-order valence-corrected chi connectivity index (χ2v) is 9.79. The number of carbonyl (C=O) groups excluding carboxylic acids is 1. The number of hydrogen-bond acceptors (Lipinski definition) is 7. The summed E-state index contributed by atoms with van der Waals surface area (Å²) in [5.74, 6) is 0.119. The first kappa shape index (κ1) is 24.8. The molecule has 0 aliphatic carbocycles. The number of carbonyl (C=O) groups is 1. The van der Waals surface area contributed by atoms with Gasteiger partial charge in [0.2, 0.25) is 5.95 Å². The Kier molecular flexibility index (Phi) is 6.84. The van der Waals surface area contributed by atoms with Gasteiger partial charge in [0.15, 0.2) is 5.82 Å². The van der Waals surface area contributed by atoms with Gasteiger partial charge in [0.05, 0.1) is 11.8 Å². The molecule has 1 aliphatic heterocycles. The molecule has 10 heteroatoms. The lowest BCUT2D eigenvalue weighted by Crippen LogP contribution is -2.50. The van der Waals surface area contributed by atoms with Crippen LogP contribution in [-0.4, -0.2) is 72.4 Å². The molecule has 1 fully saturated rings. The van der Waals surface area contributed by atoms with E-state index >= 15 is 0 Å². The van der Waals surface area contributed by atoms with Gasteiger partial charge in [0, 0.05) is 67.8 Å². The van der Waals surface area contributed by atoms with Crippen LogP contribution in [0.1, 0.15) is 44.1 Å². The third kappa shape index (κ3) is 5.01. The van der Waals surface area contributed by atoms with Crippen molar-refractivity contribution in [2.75, 3.05) is 31.5 Å². The first-order valence-corrected chi connectivity index (χ1v) is 12.6. The molecule has 0 unspecified atom stereocenters. The van der Waals surface area contributed by atoms with Crippen molar-refractivity contribution in [2.45, 2.75) is 39.8 Å². The lowest BCUT2D eigenvalue weighted by atomic mass is 10.1. The van der Waals surface area contributed by atoms with Crippen LogP contribution in [0.4, 0.5) is 16.2 Å². The smallest absolute Gasteiger partial charge is 0.255 e. The molecule has 1 aliphatic rings. The molecule has 0 aromatic carbocycles. The van der Waals surface area contributed by atoms with Crippen molar-refractivity contribution >= 4 is 28.7 Å². The van der Waals surface area contributed by atoms with Crippen molar-refractivity contribution in [2.24, 2.45) is 0 Å². The number of nitrogens with one attached hydrogen (secondary N) is 1. The highest BCUT2D eigenvalue weighted by molar-refractivity contribution is 5.94. The van der Waals surface area contributed by atoms with Gasteiger partial charge < -0.3 is 14.8 Å².